The maximum absolute atomic E-state index is 13.1. The van der Waals surface area contributed by atoms with Gasteiger partial charge in [-0.3, -0.25) is 29.4 Å². The van der Waals surface area contributed by atoms with E-state index >= 15 is 0 Å². The van der Waals surface area contributed by atoms with Crippen LogP contribution in [0.2, 0.25) is 0 Å². The van der Waals surface area contributed by atoms with Crippen LogP contribution in [0.25, 0.3) is 0 Å². The number of hydrogen-bond donors (Lipinski definition) is 2. The number of aryl methyl sites for hydroxylation is 1. The van der Waals surface area contributed by atoms with Gasteiger partial charge in [0.1, 0.15) is 6.04 Å². The van der Waals surface area contributed by atoms with Crippen molar-refractivity contribution in [1.82, 2.24) is 10.2 Å². The van der Waals surface area contributed by atoms with Crippen molar-refractivity contribution < 1.29 is 47.6 Å². The fourth-order valence-corrected chi connectivity index (χ4v) is 4.44. The Hall–Kier alpha value is -2.49. The summed E-state index contributed by atoms with van der Waals surface area (Å²) in [5.74, 6) is -2.01. The standard InChI is InChI=1S/C28H41N3O10.ClH/c29-8-10-37-12-14-39-16-18-41-20-19-40-17-15-38-13-11-36-9-2-4-21-3-1-5-22-25(21)28(35)31(27(22)34)23-6-7-24(32)30-26(23)33;/h1,3,5,23H,2,4,6-20,29H2,(H,30,32,33);1H. The molecule has 2 aliphatic rings. The van der Waals surface area contributed by atoms with Crippen molar-refractivity contribution in [3.63, 3.8) is 0 Å². The van der Waals surface area contributed by atoms with E-state index in [1.54, 1.807) is 18.2 Å². The van der Waals surface area contributed by atoms with Gasteiger partial charge in [0.15, 0.2) is 0 Å². The fourth-order valence-electron chi connectivity index (χ4n) is 4.44. The smallest absolute Gasteiger partial charge is 0.262 e. The molecule has 3 N–H and O–H groups in total. The molecule has 14 heteroatoms. The van der Waals surface area contributed by atoms with Gasteiger partial charge in [-0.2, -0.15) is 0 Å². The van der Waals surface area contributed by atoms with Gasteiger partial charge in [0, 0.05) is 19.6 Å². The van der Waals surface area contributed by atoms with Crippen molar-refractivity contribution in [3.8, 4) is 0 Å². The number of nitrogens with zero attached hydrogens (tertiary/aromatic N) is 1. The number of fused-ring (bicyclic) bond motifs is 1. The van der Waals surface area contributed by atoms with Crippen LogP contribution < -0.4 is 11.1 Å². The maximum Gasteiger partial charge on any atom is 0.262 e. The van der Waals surface area contributed by atoms with Gasteiger partial charge in [0.05, 0.1) is 83.8 Å². The minimum absolute atomic E-state index is 0. The summed E-state index contributed by atoms with van der Waals surface area (Å²) < 4.78 is 32.5. The third kappa shape index (κ3) is 11.3. The van der Waals surface area contributed by atoms with Crippen molar-refractivity contribution >= 4 is 36.0 Å². The number of nitrogens with one attached hydrogen (secondary N) is 1. The summed E-state index contributed by atoms with van der Waals surface area (Å²) in [6.45, 7) is 6.28. The zero-order chi connectivity index (χ0) is 29.3. The Morgan fingerprint density at radius 3 is 1.79 bits per heavy atom. The minimum atomic E-state index is -0.974. The SMILES string of the molecule is Cl.NCCOCCOCCOCCOCCOCCOCCCc1cccc2c1C(=O)N(C1CCC(=O)NC1=O)C2=O. The molecule has 0 spiro atoms. The predicted octanol–water partition coefficient (Wildman–Crippen LogP) is 0.501. The number of hydrogen-bond acceptors (Lipinski definition) is 11. The molecule has 1 unspecified atom stereocenters. The summed E-state index contributed by atoms with van der Waals surface area (Å²) in [7, 11) is 0. The number of benzene rings is 1. The van der Waals surface area contributed by atoms with E-state index in [-0.39, 0.29) is 30.8 Å². The molecule has 1 aromatic rings. The van der Waals surface area contributed by atoms with Crippen LogP contribution in [0.1, 0.15) is 45.5 Å². The molecule has 0 aromatic heterocycles. The summed E-state index contributed by atoms with van der Waals surface area (Å²) in [5.41, 5.74) is 6.67. The van der Waals surface area contributed by atoms with E-state index in [0.717, 1.165) is 10.5 Å². The number of ether oxygens (including phenoxy) is 6. The summed E-state index contributed by atoms with van der Waals surface area (Å²) in [6.07, 6.45) is 1.40. The number of amides is 4. The average molecular weight is 616 g/mol. The molecule has 1 aromatic carbocycles. The lowest BCUT2D eigenvalue weighted by Crippen LogP contribution is -2.54. The molecule has 2 aliphatic heterocycles. The Bertz CT molecular complexity index is 1010. The monoisotopic (exact) mass is 615 g/mol. The molecule has 0 saturated carbocycles. The average Bonchev–Trinajstić information content (AvgIpc) is 3.22. The first-order chi connectivity index (χ1) is 20.0. The van der Waals surface area contributed by atoms with Crippen LogP contribution in [0.15, 0.2) is 18.2 Å². The normalized spacial score (nSPS) is 16.5. The molecular formula is C28H42ClN3O10. The first kappa shape index (κ1) is 35.7. The second-order valence-electron chi connectivity index (χ2n) is 9.35. The Kier molecular flexibility index (Phi) is 17.4. The van der Waals surface area contributed by atoms with E-state index in [2.05, 4.69) is 5.32 Å². The largest absolute Gasteiger partial charge is 0.379 e. The molecule has 0 radical (unpaired) electrons. The number of carbonyl (C=O) groups excluding carboxylic acids is 4. The first-order valence-electron chi connectivity index (χ1n) is 14.0. The fraction of sp³-hybridized carbons (Fsp3) is 0.643. The number of carbonyl (C=O) groups is 4. The molecule has 4 amide bonds. The highest BCUT2D eigenvalue weighted by Gasteiger charge is 2.45. The van der Waals surface area contributed by atoms with Crippen molar-refractivity contribution in [2.75, 3.05) is 85.8 Å². The van der Waals surface area contributed by atoms with Crippen LogP contribution in [-0.2, 0) is 44.4 Å². The highest BCUT2D eigenvalue weighted by molar-refractivity contribution is 6.24. The molecule has 1 saturated heterocycles. The van der Waals surface area contributed by atoms with Gasteiger partial charge < -0.3 is 34.2 Å². The quantitative estimate of drug-likeness (QED) is 0.138. The van der Waals surface area contributed by atoms with E-state index in [1.165, 1.54) is 0 Å². The molecule has 1 atom stereocenters. The van der Waals surface area contributed by atoms with E-state index in [0.29, 0.717) is 104 Å². The molecule has 0 bridgehead atoms. The molecular weight excluding hydrogens is 574 g/mol. The van der Waals surface area contributed by atoms with Crippen LogP contribution in [0.5, 0.6) is 0 Å². The minimum Gasteiger partial charge on any atom is -0.379 e. The number of piperidine rings is 1. The second kappa shape index (κ2) is 20.4. The number of imide groups is 2. The molecule has 3 rings (SSSR count). The van der Waals surface area contributed by atoms with E-state index < -0.39 is 29.7 Å². The number of halogens is 1. The second-order valence-corrected chi connectivity index (χ2v) is 9.35. The van der Waals surface area contributed by atoms with Crippen LogP contribution in [-0.4, -0.2) is 120 Å². The lowest BCUT2D eigenvalue weighted by molar-refractivity contribution is -0.136. The van der Waals surface area contributed by atoms with Gasteiger partial charge in [0.25, 0.3) is 11.8 Å². The van der Waals surface area contributed by atoms with Crippen molar-refractivity contribution in [3.05, 3.63) is 34.9 Å². The van der Waals surface area contributed by atoms with Gasteiger partial charge in [-0.15, -0.1) is 12.4 Å². The van der Waals surface area contributed by atoms with Gasteiger partial charge >= 0.3 is 0 Å². The molecule has 236 valence electrons. The molecule has 0 aliphatic carbocycles. The lowest BCUT2D eigenvalue weighted by Gasteiger charge is -2.27. The Morgan fingerprint density at radius 2 is 1.26 bits per heavy atom. The third-order valence-corrected chi connectivity index (χ3v) is 6.41. The van der Waals surface area contributed by atoms with Crippen molar-refractivity contribution in [1.29, 1.82) is 0 Å². The molecule has 2 heterocycles. The van der Waals surface area contributed by atoms with Gasteiger partial charge in [0.2, 0.25) is 11.8 Å². The van der Waals surface area contributed by atoms with Gasteiger partial charge in [-0.1, -0.05) is 12.1 Å². The van der Waals surface area contributed by atoms with Gasteiger partial charge in [-0.25, -0.2) is 0 Å². The van der Waals surface area contributed by atoms with Gasteiger partial charge in [-0.05, 0) is 30.9 Å². The Morgan fingerprint density at radius 1 is 0.738 bits per heavy atom. The maximum atomic E-state index is 13.1. The highest BCUT2D eigenvalue weighted by Crippen LogP contribution is 2.30. The van der Waals surface area contributed by atoms with Crippen molar-refractivity contribution in [2.45, 2.75) is 31.7 Å². The predicted molar refractivity (Wildman–Crippen MR) is 153 cm³/mol. The Labute approximate surface area is 252 Å². The zero-order valence-electron chi connectivity index (χ0n) is 23.8. The summed E-state index contributed by atoms with van der Waals surface area (Å²) in [4.78, 5) is 50.8. The lowest BCUT2D eigenvalue weighted by atomic mass is 9.99. The Balaban J connectivity index is 0.00000616. The third-order valence-electron chi connectivity index (χ3n) is 6.41. The molecule has 1 fully saturated rings. The highest BCUT2D eigenvalue weighted by atomic mass is 35.5. The zero-order valence-corrected chi connectivity index (χ0v) is 24.7. The van der Waals surface area contributed by atoms with Crippen molar-refractivity contribution in [2.24, 2.45) is 5.73 Å². The first-order valence-corrected chi connectivity index (χ1v) is 14.0. The van der Waals surface area contributed by atoms with Crippen LogP contribution in [0, 0.1) is 0 Å². The van der Waals surface area contributed by atoms with Crippen LogP contribution >= 0.6 is 12.4 Å². The number of rotatable bonds is 22. The van der Waals surface area contributed by atoms with E-state index in [9.17, 15) is 19.2 Å². The van der Waals surface area contributed by atoms with E-state index in [1.807, 2.05) is 0 Å². The molecule has 42 heavy (non-hydrogen) atoms. The molecule has 13 nitrogen and oxygen atoms in total. The van der Waals surface area contributed by atoms with Crippen LogP contribution in [0.3, 0.4) is 0 Å². The van der Waals surface area contributed by atoms with E-state index in [4.69, 9.17) is 34.2 Å². The summed E-state index contributed by atoms with van der Waals surface area (Å²) in [5, 5.41) is 2.21. The number of nitrogens with two attached hydrogens (primary N) is 1. The summed E-state index contributed by atoms with van der Waals surface area (Å²) >= 11 is 0. The summed E-state index contributed by atoms with van der Waals surface area (Å²) in [6, 6.07) is 4.16. The topological polar surface area (TPSA) is 165 Å². The van der Waals surface area contributed by atoms with Crippen LogP contribution in [0.4, 0.5) is 0 Å².